The molecule has 2 aromatic rings. The molecule has 0 fully saturated rings. The van der Waals surface area contributed by atoms with Crippen molar-refractivity contribution in [2.75, 3.05) is 30.3 Å². The number of carbonyl (C=O) groups is 2. The summed E-state index contributed by atoms with van der Waals surface area (Å²) in [7, 11) is 0. The van der Waals surface area contributed by atoms with Gasteiger partial charge in [-0.3, -0.25) is 14.5 Å². The maximum atomic E-state index is 12.3. The van der Waals surface area contributed by atoms with Crippen LogP contribution in [0.1, 0.15) is 18.1 Å². The van der Waals surface area contributed by atoms with Gasteiger partial charge < -0.3 is 10.6 Å². The molecule has 2 aromatic carbocycles. The number of nitrogens with zero attached hydrogens (tertiary/aromatic N) is 2. The zero-order valence-electron chi connectivity index (χ0n) is 16.0. The second kappa shape index (κ2) is 10.5. The number of carbonyl (C=O) groups excluding carboxylic acids is 2. The lowest BCUT2D eigenvalue weighted by Gasteiger charge is -2.20. The molecular formula is C21H23ClN4O2. The summed E-state index contributed by atoms with van der Waals surface area (Å²) in [5.41, 5.74) is 3.12. The zero-order valence-corrected chi connectivity index (χ0v) is 16.7. The average molecular weight is 399 g/mol. The SMILES string of the molecule is CCN(CC(=O)Nc1ccc(CC#N)cc1)CC(=O)Nc1cc(Cl)ccc1C. The van der Waals surface area contributed by atoms with Crippen LogP contribution >= 0.6 is 11.6 Å². The van der Waals surface area contributed by atoms with Crippen LogP contribution < -0.4 is 10.6 Å². The molecule has 0 bridgehead atoms. The van der Waals surface area contributed by atoms with Gasteiger partial charge in [0.2, 0.25) is 11.8 Å². The van der Waals surface area contributed by atoms with Crippen LogP contribution in [0.4, 0.5) is 11.4 Å². The fourth-order valence-electron chi connectivity index (χ4n) is 2.60. The molecule has 6 nitrogen and oxygen atoms in total. The van der Waals surface area contributed by atoms with Gasteiger partial charge in [-0.05, 0) is 48.9 Å². The molecule has 0 aromatic heterocycles. The molecule has 0 saturated carbocycles. The summed E-state index contributed by atoms with van der Waals surface area (Å²) < 4.78 is 0. The summed E-state index contributed by atoms with van der Waals surface area (Å²) in [6.07, 6.45) is 0.332. The number of rotatable bonds is 8. The highest BCUT2D eigenvalue weighted by molar-refractivity contribution is 6.31. The number of likely N-dealkylation sites (N-methyl/N-ethyl adjacent to an activating group) is 1. The molecule has 0 aliphatic heterocycles. The van der Waals surface area contributed by atoms with Crippen LogP contribution in [-0.2, 0) is 16.0 Å². The Kier molecular flexibility index (Phi) is 8.00. The van der Waals surface area contributed by atoms with Gasteiger partial charge in [0.15, 0.2) is 0 Å². The predicted molar refractivity (Wildman–Crippen MR) is 111 cm³/mol. The van der Waals surface area contributed by atoms with E-state index in [-0.39, 0.29) is 24.9 Å². The summed E-state index contributed by atoms with van der Waals surface area (Å²) in [4.78, 5) is 26.4. The number of halogens is 1. The van der Waals surface area contributed by atoms with Crippen molar-refractivity contribution in [1.82, 2.24) is 4.90 Å². The van der Waals surface area contributed by atoms with E-state index < -0.39 is 0 Å². The van der Waals surface area contributed by atoms with Crippen molar-refractivity contribution in [3.63, 3.8) is 0 Å². The molecule has 28 heavy (non-hydrogen) atoms. The summed E-state index contributed by atoms with van der Waals surface area (Å²) in [6, 6.07) is 14.5. The highest BCUT2D eigenvalue weighted by Gasteiger charge is 2.14. The number of nitrogens with one attached hydrogen (secondary N) is 2. The Morgan fingerprint density at radius 1 is 1.07 bits per heavy atom. The van der Waals surface area contributed by atoms with Gasteiger partial charge in [-0.25, -0.2) is 0 Å². The van der Waals surface area contributed by atoms with Gasteiger partial charge in [-0.2, -0.15) is 5.26 Å². The Labute approximate surface area is 170 Å². The Bertz CT molecular complexity index is 875. The van der Waals surface area contributed by atoms with E-state index in [1.165, 1.54) is 0 Å². The lowest BCUT2D eigenvalue weighted by Crippen LogP contribution is -2.38. The normalized spacial score (nSPS) is 10.4. The third-order valence-electron chi connectivity index (χ3n) is 4.18. The van der Waals surface area contributed by atoms with Crippen molar-refractivity contribution in [1.29, 1.82) is 5.26 Å². The van der Waals surface area contributed by atoms with Crippen LogP contribution in [0.25, 0.3) is 0 Å². The third kappa shape index (κ3) is 6.69. The summed E-state index contributed by atoms with van der Waals surface area (Å²) in [5, 5.41) is 14.9. The van der Waals surface area contributed by atoms with Crippen LogP contribution in [-0.4, -0.2) is 36.3 Å². The Balaban J connectivity index is 1.88. The summed E-state index contributed by atoms with van der Waals surface area (Å²) >= 11 is 5.98. The van der Waals surface area contributed by atoms with Gasteiger partial charge in [0.1, 0.15) is 0 Å². The van der Waals surface area contributed by atoms with Gasteiger partial charge in [-0.15, -0.1) is 0 Å². The van der Waals surface area contributed by atoms with E-state index in [1.54, 1.807) is 41.3 Å². The minimum absolute atomic E-state index is 0.0942. The van der Waals surface area contributed by atoms with Gasteiger partial charge in [0.05, 0.1) is 25.6 Å². The van der Waals surface area contributed by atoms with Crippen LogP contribution in [0, 0.1) is 18.3 Å². The predicted octanol–water partition coefficient (Wildman–Crippen LogP) is 3.61. The average Bonchev–Trinajstić information content (AvgIpc) is 2.66. The van der Waals surface area contributed by atoms with E-state index in [4.69, 9.17) is 16.9 Å². The Hall–Kier alpha value is -2.88. The van der Waals surface area contributed by atoms with Gasteiger partial charge in [0.25, 0.3) is 0 Å². The first kappa shape index (κ1) is 21.4. The molecule has 2 rings (SSSR count). The monoisotopic (exact) mass is 398 g/mol. The molecule has 0 heterocycles. The van der Waals surface area contributed by atoms with Crippen molar-refractivity contribution in [3.8, 4) is 6.07 Å². The van der Waals surface area contributed by atoms with Crippen molar-refractivity contribution >= 4 is 34.8 Å². The minimum atomic E-state index is -0.208. The number of hydrogen-bond donors (Lipinski definition) is 2. The number of anilines is 2. The molecule has 0 atom stereocenters. The first-order valence-corrected chi connectivity index (χ1v) is 9.33. The molecule has 0 aliphatic carbocycles. The fraction of sp³-hybridized carbons (Fsp3) is 0.286. The topological polar surface area (TPSA) is 85.2 Å². The minimum Gasteiger partial charge on any atom is -0.325 e. The van der Waals surface area contributed by atoms with Crippen molar-refractivity contribution in [2.45, 2.75) is 20.3 Å². The van der Waals surface area contributed by atoms with E-state index in [0.29, 0.717) is 29.4 Å². The number of aryl methyl sites for hydroxylation is 1. The molecule has 7 heteroatoms. The Morgan fingerprint density at radius 2 is 1.71 bits per heavy atom. The summed E-state index contributed by atoms with van der Waals surface area (Å²) in [5.74, 6) is -0.414. The highest BCUT2D eigenvalue weighted by Crippen LogP contribution is 2.20. The summed E-state index contributed by atoms with van der Waals surface area (Å²) in [6.45, 7) is 4.52. The lowest BCUT2D eigenvalue weighted by atomic mass is 10.1. The number of amides is 2. The second-order valence-corrected chi connectivity index (χ2v) is 6.83. The van der Waals surface area contributed by atoms with E-state index in [9.17, 15) is 9.59 Å². The molecule has 0 aliphatic rings. The molecule has 0 radical (unpaired) electrons. The van der Waals surface area contributed by atoms with Gasteiger partial charge >= 0.3 is 0 Å². The first-order chi connectivity index (χ1) is 13.4. The van der Waals surface area contributed by atoms with E-state index in [1.807, 2.05) is 19.9 Å². The molecule has 2 N–H and O–H groups in total. The van der Waals surface area contributed by atoms with Crippen LogP contribution in [0.15, 0.2) is 42.5 Å². The molecule has 0 saturated heterocycles. The molecule has 146 valence electrons. The second-order valence-electron chi connectivity index (χ2n) is 6.39. The molecule has 0 spiro atoms. The van der Waals surface area contributed by atoms with Gasteiger partial charge in [-0.1, -0.05) is 36.7 Å². The third-order valence-corrected chi connectivity index (χ3v) is 4.41. The number of nitriles is 1. The fourth-order valence-corrected chi connectivity index (χ4v) is 2.77. The van der Waals surface area contributed by atoms with Gasteiger partial charge in [0, 0.05) is 16.4 Å². The van der Waals surface area contributed by atoms with Crippen molar-refractivity contribution < 1.29 is 9.59 Å². The van der Waals surface area contributed by atoms with Crippen LogP contribution in [0.2, 0.25) is 5.02 Å². The van der Waals surface area contributed by atoms with E-state index >= 15 is 0 Å². The van der Waals surface area contributed by atoms with Crippen LogP contribution in [0.3, 0.4) is 0 Å². The van der Waals surface area contributed by atoms with E-state index in [0.717, 1.165) is 11.1 Å². The highest BCUT2D eigenvalue weighted by atomic mass is 35.5. The first-order valence-electron chi connectivity index (χ1n) is 8.95. The van der Waals surface area contributed by atoms with E-state index in [2.05, 4.69) is 16.7 Å². The Morgan fingerprint density at radius 3 is 2.32 bits per heavy atom. The quantitative estimate of drug-likeness (QED) is 0.711. The smallest absolute Gasteiger partial charge is 0.238 e. The maximum absolute atomic E-state index is 12.3. The maximum Gasteiger partial charge on any atom is 0.238 e. The van der Waals surface area contributed by atoms with Crippen LogP contribution in [0.5, 0.6) is 0 Å². The largest absolute Gasteiger partial charge is 0.325 e. The number of hydrogen-bond acceptors (Lipinski definition) is 4. The molecule has 2 amide bonds. The van der Waals surface area contributed by atoms with Crippen molar-refractivity contribution in [3.05, 3.63) is 58.6 Å². The number of benzene rings is 2. The zero-order chi connectivity index (χ0) is 20.5. The lowest BCUT2D eigenvalue weighted by molar-refractivity contribution is -0.119. The molecule has 0 unspecified atom stereocenters. The molecular weight excluding hydrogens is 376 g/mol. The van der Waals surface area contributed by atoms with Crippen molar-refractivity contribution in [2.24, 2.45) is 0 Å². The standard InChI is InChI=1S/C21H23ClN4O2/c1-3-26(14-21(28)25-19-12-17(22)7-4-15(19)2)13-20(27)24-18-8-5-16(6-9-18)10-11-23/h4-9,12H,3,10,13-14H2,1-2H3,(H,24,27)(H,25,28).